The van der Waals surface area contributed by atoms with Crippen molar-refractivity contribution in [2.45, 2.75) is 39.3 Å². The van der Waals surface area contributed by atoms with Crippen molar-refractivity contribution in [2.75, 3.05) is 31.6 Å². The average molecular weight is 262 g/mol. The summed E-state index contributed by atoms with van der Waals surface area (Å²) in [5.41, 5.74) is 3.96. The number of hydrogen-bond donors (Lipinski definition) is 1. The summed E-state index contributed by atoms with van der Waals surface area (Å²) < 4.78 is 0. The summed E-state index contributed by atoms with van der Waals surface area (Å²) in [4.78, 5) is 4.87. The van der Waals surface area contributed by atoms with E-state index >= 15 is 0 Å². The standard InChI is InChI=1S/C16H26N2O/c1-12-5-6-16(13(2)9-12)18-14(3)10-17(4)11-15(18)7-8-19/h5-6,9,14-15,19H,7-8,10-11H2,1-4H3. The number of likely N-dealkylation sites (N-methyl/N-ethyl adjacent to an activating group) is 1. The Bertz CT molecular complexity index is 433. The van der Waals surface area contributed by atoms with E-state index in [1.54, 1.807) is 0 Å². The third-order valence-electron chi connectivity index (χ3n) is 4.06. The largest absolute Gasteiger partial charge is 0.396 e. The second-order valence-electron chi connectivity index (χ2n) is 5.93. The number of aliphatic hydroxyl groups is 1. The minimum absolute atomic E-state index is 0.257. The van der Waals surface area contributed by atoms with Crippen LogP contribution in [0.5, 0.6) is 0 Å². The molecule has 2 unspecified atom stereocenters. The molecular weight excluding hydrogens is 236 g/mol. The fraction of sp³-hybridized carbons (Fsp3) is 0.625. The second kappa shape index (κ2) is 5.93. The first-order valence-electron chi connectivity index (χ1n) is 7.18. The van der Waals surface area contributed by atoms with Gasteiger partial charge in [-0.15, -0.1) is 0 Å². The molecule has 0 spiro atoms. The Kier molecular flexibility index (Phi) is 4.48. The maximum Gasteiger partial charge on any atom is 0.0451 e. The van der Waals surface area contributed by atoms with Gasteiger partial charge < -0.3 is 14.9 Å². The predicted molar refractivity (Wildman–Crippen MR) is 80.8 cm³/mol. The van der Waals surface area contributed by atoms with Gasteiger partial charge in [-0.05, 0) is 45.9 Å². The lowest BCUT2D eigenvalue weighted by molar-refractivity contribution is 0.198. The van der Waals surface area contributed by atoms with Gasteiger partial charge in [0.05, 0.1) is 0 Å². The van der Waals surface area contributed by atoms with E-state index in [0.717, 1.165) is 19.5 Å². The van der Waals surface area contributed by atoms with E-state index in [0.29, 0.717) is 12.1 Å². The van der Waals surface area contributed by atoms with Crippen LogP contribution in [0.2, 0.25) is 0 Å². The molecule has 1 aliphatic rings. The molecule has 2 atom stereocenters. The molecule has 3 heteroatoms. The summed E-state index contributed by atoms with van der Waals surface area (Å²) in [5.74, 6) is 0. The maximum absolute atomic E-state index is 9.32. The Balaban J connectivity index is 2.32. The zero-order valence-corrected chi connectivity index (χ0v) is 12.6. The van der Waals surface area contributed by atoms with E-state index in [-0.39, 0.29) is 6.61 Å². The molecular formula is C16H26N2O. The minimum Gasteiger partial charge on any atom is -0.396 e. The lowest BCUT2D eigenvalue weighted by Gasteiger charge is -2.46. The third-order valence-corrected chi connectivity index (χ3v) is 4.06. The van der Waals surface area contributed by atoms with Gasteiger partial charge in [0.1, 0.15) is 0 Å². The van der Waals surface area contributed by atoms with E-state index in [1.165, 1.54) is 16.8 Å². The smallest absolute Gasteiger partial charge is 0.0451 e. The molecule has 1 saturated heterocycles. The Morgan fingerprint density at radius 3 is 2.63 bits per heavy atom. The van der Waals surface area contributed by atoms with Gasteiger partial charge in [0.15, 0.2) is 0 Å². The molecule has 1 fully saturated rings. The Hall–Kier alpha value is -1.06. The quantitative estimate of drug-likeness (QED) is 0.904. The lowest BCUT2D eigenvalue weighted by atomic mass is 10.0. The van der Waals surface area contributed by atoms with Crippen molar-refractivity contribution in [3.8, 4) is 0 Å². The fourth-order valence-corrected chi connectivity index (χ4v) is 3.33. The van der Waals surface area contributed by atoms with Gasteiger partial charge in [0, 0.05) is 37.5 Å². The highest BCUT2D eigenvalue weighted by Gasteiger charge is 2.30. The Morgan fingerprint density at radius 2 is 2.00 bits per heavy atom. The first-order chi connectivity index (χ1) is 9.02. The highest BCUT2D eigenvalue weighted by atomic mass is 16.3. The summed E-state index contributed by atoms with van der Waals surface area (Å²) >= 11 is 0. The number of aliphatic hydroxyl groups excluding tert-OH is 1. The number of piperazine rings is 1. The van der Waals surface area contributed by atoms with Gasteiger partial charge >= 0.3 is 0 Å². The maximum atomic E-state index is 9.32. The highest BCUT2D eigenvalue weighted by molar-refractivity contribution is 5.56. The molecule has 1 heterocycles. The van der Waals surface area contributed by atoms with Crippen molar-refractivity contribution in [3.63, 3.8) is 0 Å². The van der Waals surface area contributed by atoms with Crippen LogP contribution in [0.3, 0.4) is 0 Å². The van der Waals surface area contributed by atoms with Crippen molar-refractivity contribution in [1.29, 1.82) is 0 Å². The third kappa shape index (κ3) is 3.10. The zero-order valence-electron chi connectivity index (χ0n) is 12.6. The van der Waals surface area contributed by atoms with Gasteiger partial charge in [-0.1, -0.05) is 17.7 Å². The molecule has 1 aromatic carbocycles. The lowest BCUT2D eigenvalue weighted by Crippen LogP contribution is -2.57. The van der Waals surface area contributed by atoms with Crippen molar-refractivity contribution in [3.05, 3.63) is 29.3 Å². The van der Waals surface area contributed by atoms with E-state index < -0.39 is 0 Å². The summed E-state index contributed by atoms with van der Waals surface area (Å²) in [7, 11) is 2.17. The second-order valence-corrected chi connectivity index (χ2v) is 5.93. The van der Waals surface area contributed by atoms with Crippen LogP contribution >= 0.6 is 0 Å². The number of rotatable bonds is 3. The van der Waals surface area contributed by atoms with Gasteiger partial charge in [0.2, 0.25) is 0 Å². The number of hydrogen-bond acceptors (Lipinski definition) is 3. The molecule has 1 aromatic rings. The average Bonchev–Trinajstić information content (AvgIpc) is 2.31. The van der Waals surface area contributed by atoms with E-state index in [2.05, 4.69) is 55.8 Å². The van der Waals surface area contributed by atoms with Crippen molar-refractivity contribution < 1.29 is 5.11 Å². The summed E-state index contributed by atoms with van der Waals surface area (Å²) in [5, 5.41) is 9.32. The van der Waals surface area contributed by atoms with Gasteiger partial charge in [-0.3, -0.25) is 0 Å². The van der Waals surface area contributed by atoms with Crippen molar-refractivity contribution >= 4 is 5.69 Å². The highest BCUT2D eigenvalue weighted by Crippen LogP contribution is 2.29. The van der Waals surface area contributed by atoms with E-state index in [1.807, 2.05) is 0 Å². The van der Waals surface area contributed by atoms with Crippen LogP contribution < -0.4 is 4.90 Å². The Labute approximate surface area is 116 Å². The zero-order chi connectivity index (χ0) is 14.0. The fourth-order valence-electron chi connectivity index (χ4n) is 3.33. The van der Waals surface area contributed by atoms with Crippen molar-refractivity contribution in [1.82, 2.24) is 4.90 Å². The van der Waals surface area contributed by atoms with Gasteiger partial charge in [-0.25, -0.2) is 0 Å². The monoisotopic (exact) mass is 262 g/mol. The van der Waals surface area contributed by atoms with E-state index in [9.17, 15) is 5.11 Å². The molecule has 1 aliphatic heterocycles. The number of aryl methyl sites for hydroxylation is 2. The van der Waals surface area contributed by atoms with Crippen LogP contribution in [-0.4, -0.2) is 48.8 Å². The van der Waals surface area contributed by atoms with Crippen LogP contribution in [-0.2, 0) is 0 Å². The first kappa shape index (κ1) is 14.4. The molecule has 106 valence electrons. The topological polar surface area (TPSA) is 26.7 Å². The number of nitrogens with zero attached hydrogens (tertiary/aromatic N) is 2. The first-order valence-corrected chi connectivity index (χ1v) is 7.18. The van der Waals surface area contributed by atoms with Gasteiger partial charge in [-0.2, -0.15) is 0 Å². The van der Waals surface area contributed by atoms with E-state index in [4.69, 9.17) is 0 Å². The van der Waals surface area contributed by atoms with Crippen molar-refractivity contribution in [2.24, 2.45) is 0 Å². The number of benzene rings is 1. The Morgan fingerprint density at radius 1 is 1.26 bits per heavy atom. The molecule has 0 bridgehead atoms. The SMILES string of the molecule is Cc1ccc(N2C(C)CN(C)CC2CCO)c(C)c1. The molecule has 1 N–H and O–H groups in total. The minimum atomic E-state index is 0.257. The van der Waals surface area contributed by atoms with Crippen LogP contribution in [0.15, 0.2) is 18.2 Å². The van der Waals surface area contributed by atoms with Crippen LogP contribution in [0, 0.1) is 13.8 Å². The molecule has 19 heavy (non-hydrogen) atoms. The normalized spacial score (nSPS) is 24.8. The molecule has 0 aliphatic carbocycles. The summed E-state index contributed by atoms with van der Waals surface area (Å²) in [6.07, 6.45) is 0.835. The molecule has 0 saturated carbocycles. The summed E-state index contributed by atoms with van der Waals surface area (Å²) in [6, 6.07) is 7.55. The molecule has 3 nitrogen and oxygen atoms in total. The van der Waals surface area contributed by atoms with Crippen LogP contribution in [0.25, 0.3) is 0 Å². The number of anilines is 1. The molecule has 0 amide bonds. The molecule has 0 radical (unpaired) electrons. The predicted octanol–water partition coefficient (Wildman–Crippen LogP) is 2.19. The van der Waals surface area contributed by atoms with Crippen LogP contribution in [0.4, 0.5) is 5.69 Å². The van der Waals surface area contributed by atoms with Crippen LogP contribution in [0.1, 0.15) is 24.5 Å². The van der Waals surface area contributed by atoms with Gasteiger partial charge in [0.25, 0.3) is 0 Å². The molecule has 2 rings (SSSR count). The summed E-state index contributed by atoms with van der Waals surface area (Å²) in [6.45, 7) is 8.96. The molecule has 0 aromatic heterocycles.